The fourth-order valence-corrected chi connectivity index (χ4v) is 1.57. The first-order valence-corrected chi connectivity index (χ1v) is 5.39. The van der Waals surface area contributed by atoms with E-state index in [0.717, 1.165) is 0 Å². The van der Waals surface area contributed by atoms with E-state index >= 15 is 0 Å². The number of rotatable bonds is 4. The van der Waals surface area contributed by atoms with Gasteiger partial charge in [0, 0.05) is 12.1 Å². The van der Waals surface area contributed by atoms with Gasteiger partial charge in [0.05, 0.1) is 20.2 Å². The van der Waals surface area contributed by atoms with Gasteiger partial charge in [-0.25, -0.2) is 4.79 Å². The SMILES string of the molecule is CCC(=CCN1CC(=O)NC(=O)C1)C(=O)OC. The van der Waals surface area contributed by atoms with Crippen molar-refractivity contribution in [2.45, 2.75) is 13.3 Å². The van der Waals surface area contributed by atoms with E-state index in [1.54, 1.807) is 11.0 Å². The largest absolute Gasteiger partial charge is 0.466 e. The lowest BCUT2D eigenvalue weighted by atomic mass is 10.2. The molecular formula is C11H16N2O4. The van der Waals surface area contributed by atoms with Crippen LogP contribution < -0.4 is 5.32 Å². The highest BCUT2D eigenvalue weighted by Gasteiger charge is 2.21. The van der Waals surface area contributed by atoms with Gasteiger partial charge in [-0.2, -0.15) is 0 Å². The molecule has 1 heterocycles. The number of ether oxygens (including phenoxy) is 1. The summed E-state index contributed by atoms with van der Waals surface area (Å²) in [4.78, 5) is 35.2. The molecule has 1 saturated heterocycles. The number of hydrogen-bond acceptors (Lipinski definition) is 5. The van der Waals surface area contributed by atoms with Crippen molar-refractivity contribution in [3.05, 3.63) is 11.6 Å². The first-order valence-electron chi connectivity index (χ1n) is 5.39. The minimum atomic E-state index is -0.375. The fourth-order valence-electron chi connectivity index (χ4n) is 1.57. The second-order valence-corrected chi connectivity index (χ2v) is 3.72. The quantitative estimate of drug-likeness (QED) is 0.405. The summed E-state index contributed by atoms with van der Waals surface area (Å²) in [5, 5.41) is 2.21. The third-order valence-electron chi connectivity index (χ3n) is 2.44. The highest BCUT2D eigenvalue weighted by molar-refractivity contribution is 5.99. The lowest BCUT2D eigenvalue weighted by molar-refractivity contribution is -0.136. The van der Waals surface area contributed by atoms with Crippen LogP contribution in [0.25, 0.3) is 0 Å². The maximum atomic E-state index is 11.3. The van der Waals surface area contributed by atoms with Crippen molar-refractivity contribution >= 4 is 17.8 Å². The summed E-state index contributed by atoms with van der Waals surface area (Å²) in [5.74, 6) is -1.00. The summed E-state index contributed by atoms with van der Waals surface area (Å²) in [6.45, 7) is 2.56. The summed E-state index contributed by atoms with van der Waals surface area (Å²) >= 11 is 0. The van der Waals surface area contributed by atoms with Crippen LogP contribution in [0.15, 0.2) is 11.6 Å². The number of esters is 1. The van der Waals surface area contributed by atoms with E-state index in [2.05, 4.69) is 10.1 Å². The molecule has 0 radical (unpaired) electrons. The molecule has 0 aromatic carbocycles. The lowest BCUT2D eigenvalue weighted by Crippen LogP contribution is -2.51. The molecule has 0 aromatic heterocycles. The number of carbonyl (C=O) groups is 3. The molecule has 1 N–H and O–H groups in total. The Morgan fingerprint density at radius 2 is 2.00 bits per heavy atom. The van der Waals surface area contributed by atoms with Gasteiger partial charge in [0.15, 0.2) is 0 Å². The van der Waals surface area contributed by atoms with Crippen LogP contribution in [0.3, 0.4) is 0 Å². The van der Waals surface area contributed by atoms with Crippen LogP contribution in [0.5, 0.6) is 0 Å². The predicted molar refractivity (Wildman–Crippen MR) is 60.0 cm³/mol. The van der Waals surface area contributed by atoms with Crippen LogP contribution in [0, 0.1) is 0 Å². The summed E-state index contributed by atoms with van der Waals surface area (Å²) in [7, 11) is 1.32. The van der Waals surface area contributed by atoms with Crippen molar-refractivity contribution in [2.24, 2.45) is 0 Å². The van der Waals surface area contributed by atoms with E-state index in [9.17, 15) is 14.4 Å². The van der Waals surface area contributed by atoms with Gasteiger partial charge in [-0.15, -0.1) is 0 Å². The van der Waals surface area contributed by atoms with Crippen LogP contribution in [-0.4, -0.2) is 49.4 Å². The van der Waals surface area contributed by atoms with Gasteiger partial charge in [-0.05, 0) is 6.42 Å². The number of nitrogens with one attached hydrogen (secondary N) is 1. The Bertz CT molecular complexity index is 346. The molecule has 6 nitrogen and oxygen atoms in total. The van der Waals surface area contributed by atoms with Crippen LogP contribution >= 0.6 is 0 Å². The molecule has 2 amide bonds. The maximum Gasteiger partial charge on any atom is 0.333 e. The third kappa shape index (κ3) is 3.99. The topological polar surface area (TPSA) is 75.7 Å². The minimum Gasteiger partial charge on any atom is -0.466 e. The molecule has 94 valence electrons. The first-order chi connectivity index (χ1) is 8.06. The standard InChI is InChI=1S/C11H16N2O4/c1-3-8(11(16)17-2)4-5-13-6-9(14)12-10(15)7-13/h4H,3,5-7H2,1-2H3,(H,12,14,15). The summed E-state index contributed by atoms with van der Waals surface area (Å²) < 4.78 is 4.61. The molecule has 0 spiro atoms. The van der Waals surface area contributed by atoms with E-state index in [1.807, 2.05) is 6.92 Å². The average Bonchev–Trinajstić information content (AvgIpc) is 2.28. The normalized spacial score (nSPS) is 17.9. The Kier molecular flexibility index (Phi) is 4.84. The van der Waals surface area contributed by atoms with Gasteiger partial charge in [0.1, 0.15) is 0 Å². The molecule has 0 saturated carbocycles. The Hall–Kier alpha value is -1.69. The summed E-state index contributed by atoms with van der Waals surface area (Å²) in [6, 6.07) is 0. The molecular weight excluding hydrogens is 224 g/mol. The minimum absolute atomic E-state index is 0.167. The second-order valence-electron chi connectivity index (χ2n) is 3.72. The molecule has 0 aliphatic carbocycles. The van der Waals surface area contributed by atoms with Gasteiger partial charge in [0.2, 0.25) is 11.8 Å². The molecule has 1 fully saturated rings. The van der Waals surface area contributed by atoms with Crippen molar-refractivity contribution < 1.29 is 19.1 Å². The van der Waals surface area contributed by atoms with E-state index in [-0.39, 0.29) is 30.9 Å². The molecule has 17 heavy (non-hydrogen) atoms. The van der Waals surface area contributed by atoms with Crippen molar-refractivity contribution in [3.8, 4) is 0 Å². The molecule has 6 heteroatoms. The monoisotopic (exact) mass is 240 g/mol. The molecule has 1 rings (SSSR count). The number of imide groups is 1. The van der Waals surface area contributed by atoms with Gasteiger partial charge in [0.25, 0.3) is 0 Å². The number of methoxy groups -OCH3 is 1. The summed E-state index contributed by atoms with van der Waals surface area (Å²) in [5.41, 5.74) is 0.547. The highest BCUT2D eigenvalue weighted by atomic mass is 16.5. The molecule has 1 aliphatic rings. The summed E-state index contributed by atoms with van der Waals surface area (Å²) in [6.07, 6.45) is 2.25. The zero-order valence-corrected chi connectivity index (χ0v) is 9.99. The van der Waals surface area contributed by atoms with Crippen molar-refractivity contribution in [1.82, 2.24) is 10.2 Å². The second kappa shape index (κ2) is 6.15. The first kappa shape index (κ1) is 13.4. The fraction of sp³-hybridized carbons (Fsp3) is 0.545. The maximum absolute atomic E-state index is 11.3. The predicted octanol–water partition coefficient (Wildman–Crippen LogP) is -0.546. The Balaban J connectivity index is 2.58. The lowest BCUT2D eigenvalue weighted by Gasteiger charge is -2.23. The highest BCUT2D eigenvalue weighted by Crippen LogP contribution is 2.04. The number of piperazine rings is 1. The molecule has 1 aliphatic heterocycles. The van der Waals surface area contributed by atoms with Crippen LogP contribution in [-0.2, 0) is 19.1 Å². The van der Waals surface area contributed by atoms with E-state index in [0.29, 0.717) is 18.5 Å². The van der Waals surface area contributed by atoms with Crippen LogP contribution in [0.2, 0.25) is 0 Å². The van der Waals surface area contributed by atoms with E-state index < -0.39 is 0 Å². The number of amides is 2. The molecule has 0 aromatic rings. The van der Waals surface area contributed by atoms with Gasteiger partial charge in [-0.3, -0.25) is 19.8 Å². The third-order valence-corrected chi connectivity index (χ3v) is 2.44. The zero-order valence-electron chi connectivity index (χ0n) is 9.99. The number of nitrogens with zero attached hydrogens (tertiary/aromatic N) is 1. The molecule has 0 atom stereocenters. The average molecular weight is 240 g/mol. The van der Waals surface area contributed by atoms with Gasteiger partial charge < -0.3 is 4.74 Å². The van der Waals surface area contributed by atoms with Gasteiger partial charge >= 0.3 is 5.97 Å². The molecule has 0 unspecified atom stereocenters. The van der Waals surface area contributed by atoms with Crippen molar-refractivity contribution in [3.63, 3.8) is 0 Å². The molecule has 0 bridgehead atoms. The number of hydrogen-bond donors (Lipinski definition) is 1. The Labute approximate surface area is 99.6 Å². The van der Waals surface area contributed by atoms with Crippen LogP contribution in [0.1, 0.15) is 13.3 Å². The van der Waals surface area contributed by atoms with Crippen molar-refractivity contribution in [1.29, 1.82) is 0 Å². The van der Waals surface area contributed by atoms with E-state index in [4.69, 9.17) is 0 Å². The van der Waals surface area contributed by atoms with Gasteiger partial charge in [-0.1, -0.05) is 13.0 Å². The van der Waals surface area contributed by atoms with Crippen molar-refractivity contribution in [2.75, 3.05) is 26.7 Å². The smallest absolute Gasteiger partial charge is 0.333 e. The van der Waals surface area contributed by atoms with E-state index in [1.165, 1.54) is 7.11 Å². The van der Waals surface area contributed by atoms with Crippen LogP contribution in [0.4, 0.5) is 0 Å². The Morgan fingerprint density at radius 1 is 1.41 bits per heavy atom. The zero-order chi connectivity index (χ0) is 12.8. The Morgan fingerprint density at radius 3 is 2.47 bits per heavy atom. The number of carbonyl (C=O) groups excluding carboxylic acids is 3.